The monoisotopic (exact) mass is 412 g/mol. The van der Waals surface area contributed by atoms with Gasteiger partial charge >= 0.3 is 77.3 Å². The first-order chi connectivity index (χ1) is 10.1. The Morgan fingerprint density at radius 2 is 1.12 bits per heavy atom. The first-order valence-corrected chi connectivity index (χ1v) is 10.4. The fourth-order valence-electron chi connectivity index (χ4n) is 1.75. The van der Waals surface area contributed by atoms with Gasteiger partial charge in [-0.2, -0.15) is 8.42 Å². The maximum absolute atomic E-state index is 10.2. The molecule has 12 heteroatoms. The van der Waals surface area contributed by atoms with Crippen LogP contribution in [0.25, 0.3) is 0 Å². The predicted octanol–water partition coefficient (Wildman–Crippen LogP) is -2.97. The predicted molar refractivity (Wildman–Crippen MR) is 85.8 cm³/mol. The normalized spacial score (nSPS) is 10.9. The molecule has 0 amide bonds. The van der Waals surface area contributed by atoms with Crippen molar-refractivity contribution in [2.45, 2.75) is 71.1 Å². The van der Waals surface area contributed by atoms with Crippen molar-refractivity contribution in [3.63, 3.8) is 0 Å². The summed E-state index contributed by atoms with van der Waals surface area (Å²) < 4.78 is 41.9. The van der Waals surface area contributed by atoms with Crippen LogP contribution in [0.4, 0.5) is 0 Å². The van der Waals surface area contributed by atoms with Gasteiger partial charge in [-0.25, -0.2) is 8.75 Å². The molecule has 0 aliphatic heterocycles. The smallest absolute Gasteiger partial charge is 1.00 e. The quantitative estimate of drug-likeness (QED) is 0.115. The first kappa shape index (κ1) is 33.6. The molecule has 0 saturated heterocycles. The van der Waals surface area contributed by atoms with Crippen LogP contribution < -0.4 is 59.1 Å². The minimum absolute atomic E-state index is 0. The first-order valence-electron chi connectivity index (χ1n) is 7.46. The molecule has 140 valence electrons. The molecule has 8 nitrogen and oxygen atoms in total. The summed E-state index contributed by atoms with van der Waals surface area (Å²) in [7, 11) is -8.87. The summed E-state index contributed by atoms with van der Waals surface area (Å²) >= 11 is 0. The van der Waals surface area contributed by atoms with E-state index >= 15 is 0 Å². The van der Waals surface area contributed by atoms with Crippen molar-refractivity contribution in [1.82, 2.24) is 0 Å². The third-order valence-corrected chi connectivity index (χ3v) is 3.19. The molecule has 0 aliphatic carbocycles. The molecule has 4 N–H and O–H groups in total. The molecule has 0 aromatic rings. The molecule has 0 radical (unpaired) electrons. The van der Waals surface area contributed by atoms with Gasteiger partial charge < -0.3 is 17.5 Å². The van der Waals surface area contributed by atoms with Crippen molar-refractivity contribution in [3.8, 4) is 0 Å². The Kier molecular flexibility index (Phi) is 29.8. The molecule has 0 atom stereocenters. The van der Waals surface area contributed by atoms with E-state index in [4.69, 9.17) is 23.8 Å². The number of phosphoric acid groups is 1. The van der Waals surface area contributed by atoms with Crippen molar-refractivity contribution in [2.75, 3.05) is 6.61 Å². The Morgan fingerprint density at radius 3 is 1.42 bits per heavy atom. The van der Waals surface area contributed by atoms with Gasteiger partial charge in [-0.05, 0) is 6.42 Å². The molecule has 0 saturated carbocycles. The molecule has 0 unspecified atom stereocenters. The second-order valence-electron chi connectivity index (χ2n) is 4.94. The molecule has 0 rings (SSSR count). The van der Waals surface area contributed by atoms with Crippen molar-refractivity contribution in [2.24, 2.45) is 0 Å². The van der Waals surface area contributed by atoms with E-state index in [2.05, 4.69) is 11.1 Å². The van der Waals surface area contributed by atoms with Gasteiger partial charge in [0, 0.05) is 0 Å². The Labute approximate surface area is 192 Å². The summed E-state index contributed by atoms with van der Waals surface area (Å²) in [6.07, 6.45) is 11.9. The van der Waals surface area contributed by atoms with Crippen LogP contribution in [0, 0.1) is 0 Å². The van der Waals surface area contributed by atoms with Crippen LogP contribution in [0.1, 0.15) is 74.0 Å². The number of unbranched alkanes of at least 4 members (excludes halogenated alkanes) is 9. The Morgan fingerprint density at radius 1 is 0.833 bits per heavy atom. The average Bonchev–Trinajstić information content (AvgIpc) is 2.32. The summed E-state index contributed by atoms with van der Waals surface area (Å²) in [6, 6.07) is 0. The molecule has 0 spiro atoms. The summed E-state index contributed by atoms with van der Waals surface area (Å²) in [5.74, 6) is 0. The number of hydrogen-bond donors (Lipinski definition) is 4. The van der Waals surface area contributed by atoms with E-state index in [0.29, 0.717) is 6.42 Å². The molecule has 0 heterocycles. The van der Waals surface area contributed by atoms with Gasteiger partial charge in [0.25, 0.3) is 0 Å². The minimum Gasteiger partial charge on any atom is -1.00 e. The molecule has 0 aromatic carbocycles. The fourth-order valence-corrected chi connectivity index (χ4v) is 2.08. The van der Waals surface area contributed by atoms with E-state index in [9.17, 15) is 8.42 Å². The Bertz CT molecular complexity index is 390. The Balaban J connectivity index is -0.0000000984. The molecule has 24 heavy (non-hydrogen) atoms. The molecular formula is C12H31Na2O8PS. The van der Waals surface area contributed by atoms with Crippen LogP contribution in [0.2, 0.25) is 0 Å². The van der Waals surface area contributed by atoms with Crippen LogP contribution >= 0.6 is 7.82 Å². The van der Waals surface area contributed by atoms with E-state index in [1.165, 1.54) is 44.9 Å². The van der Waals surface area contributed by atoms with Crippen molar-refractivity contribution >= 4 is 18.2 Å². The van der Waals surface area contributed by atoms with E-state index in [-0.39, 0.29) is 68.6 Å². The minimum atomic E-state index is -4.64. The zero-order valence-corrected chi connectivity index (χ0v) is 20.8. The van der Waals surface area contributed by atoms with E-state index < -0.39 is 18.2 Å². The van der Waals surface area contributed by atoms with Gasteiger partial charge in [0.1, 0.15) is 0 Å². The number of rotatable bonds is 12. The molecule has 0 bridgehead atoms. The summed E-state index contributed by atoms with van der Waals surface area (Å²) in [4.78, 5) is 21.6. The third-order valence-electron chi connectivity index (χ3n) is 2.73. The van der Waals surface area contributed by atoms with Crippen LogP contribution in [-0.2, 0) is 19.1 Å². The van der Waals surface area contributed by atoms with Crippen molar-refractivity contribution in [1.29, 1.82) is 0 Å². The van der Waals surface area contributed by atoms with Crippen molar-refractivity contribution in [3.05, 3.63) is 0 Å². The molecule has 0 fully saturated rings. The zero-order chi connectivity index (χ0) is 17.5. The molecule has 0 aromatic heterocycles. The van der Waals surface area contributed by atoms with Gasteiger partial charge in [0.2, 0.25) is 0 Å². The van der Waals surface area contributed by atoms with Crippen LogP contribution in [-0.4, -0.2) is 34.3 Å². The maximum Gasteiger partial charge on any atom is 1.00 e. The van der Waals surface area contributed by atoms with Crippen LogP contribution in [0.5, 0.6) is 0 Å². The average molecular weight is 412 g/mol. The topological polar surface area (TPSA) is 141 Å². The van der Waals surface area contributed by atoms with E-state index in [1.54, 1.807) is 0 Å². The Hall–Kier alpha value is 1.98. The van der Waals surface area contributed by atoms with Gasteiger partial charge in [-0.1, -0.05) is 64.7 Å². The zero-order valence-electron chi connectivity index (χ0n) is 17.1. The summed E-state index contributed by atoms with van der Waals surface area (Å²) in [5.41, 5.74) is 0. The second-order valence-corrected chi connectivity index (χ2v) is 7.06. The van der Waals surface area contributed by atoms with Gasteiger partial charge in [0.05, 0.1) is 6.61 Å². The van der Waals surface area contributed by atoms with Crippen molar-refractivity contribution < 1.29 is 98.4 Å². The largest absolute Gasteiger partial charge is 1.00 e. The summed E-state index contributed by atoms with van der Waals surface area (Å²) in [5, 5.41) is 0. The maximum atomic E-state index is 10.2. The van der Waals surface area contributed by atoms with Crippen LogP contribution in [0.3, 0.4) is 0 Å². The second kappa shape index (κ2) is 21.3. The number of hydrogen-bond acceptors (Lipinski definition) is 4. The van der Waals surface area contributed by atoms with Gasteiger partial charge in [-0.15, -0.1) is 0 Å². The molecule has 0 aliphatic rings. The van der Waals surface area contributed by atoms with Gasteiger partial charge in [0.15, 0.2) is 0 Å². The SMILES string of the molecule is CCCCCCCCCCCCOS(=O)(=O)O.O=P(O)(O)O.[H-].[H-].[Na+].[Na+]. The summed E-state index contributed by atoms with van der Waals surface area (Å²) in [6.45, 7) is 2.31. The van der Waals surface area contributed by atoms with E-state index in [1.807, 2.05) is 0 Å². The van der Waals surface area contributed by atoms with E-state index in [0.717, 1.165) is 12.8 Å². The van der Waals surface area contributed by atoms with Gasteiger partial charge in [-0.3, -0.25) is 4.55 Å². The van der Waals surface area contributed by atoms with Crippen LogP contribution in [0.15, 0.2) is 0 Å². The fraction of sp³-hybridized carbons (Fsp3) is 1.00. The molecular weight excluding hydrogens is 381 g/mol. The standard InChI is InChI=1S/C12H26O4S.2Na.H3O4P.2H/c1-2-3-4-5-6-7-8-9-10-11-12-16-17(13,14)15;;;1-5(2,3)4;;/h2-12H2,1H3,(H,13,14,15);;;(H3,1,2,3,4);;/q;2*+1;;2*-1. The third kappa shape index (κ3) is 49.6.